The number of rotatable bonds is 5. The Morgan fingerprint density at radius 3 is 2.43 bits per heavy atom. The molecule has 0 fully saturated rings. The predicted molar refractivity (Wildman–Crippen MR) is 83.3 cm³/mol. The molecule has 0 amide bonds. The lowest BCUT2D eigenvalue weighted by atomic mass is 10.2. The molecule has 0 heterocycles. The molecule has 0 aliphatic heterocycles. The maximum Gasteiger partial charge on any atom is 0.137 e. The van der Waals surface area contributed by atoms with Crippen molar-refractivity contribution in [2.75, 3.05) is 27.2 Å². The molecule has 0 bridgehead atoms. The third-order valence-corrected chi connectivity index (χ3v) is 3.44. The number of ether oxygens (including phenoxy) is 1. The maximum atomic E-state index is 9.57. The first-order valence-electron chi connectivity index (χ1n) is 6.79. The van der Waals surface area contributed by atoms with Gasteiger partial charge in [0.05, 0.1) is 14.1 Å². The van der Waals surface area contributed by atoms with Crippen LogP contribution in [0.15, 0.2) is 48.5 Å². The highest BCUT2D eigenvalue weighted by Crippen LogP contribution is 2.23. The summed E-state index contributed by atoms with van der Waals surface area (Å²) in [6, 6.07) is 15.4. The van der Waals surface area contributed by atoms with Gasteiger partial charge in [-0.2, -0.15) is 0 Å². The molecular weight excluding hydrogens is 377 g/mol. The van der Waals surface area contributed by atoms with E-state index in [-0.39, 0.29) is 24.0 Å². The number of halogens is 1. The number of phenolic OH excluding ortho intramolecular Hbond substituents is 1. The second-order valence-electron chi connectivity index (χ2n) is 5.59. The van der Waals surface area contributed by atoms with Crippen molar-refractivity contribution in [2.45, 2.75) is 6.92 Å². The third kappa shape index (κ3) is 5.21. The summed E-state index contributed by atoms with van der Waals surface area (Å²) < 4.78 is 6.46. The van der Waals surface area contributed by atoms with Gasteiger partial charge in [-0.25, -0.2) is 0 Å². The molecule has 0 radical (unpaired) electrons. The normalized spacial score (nSPS) is 10.8. The van der Waals surface area contributed by atoms with E-state index in [1.54, 1.807) is 12.1 Å². The van der Waals surface area contributed by atoms with Crippen molar-refractivity contribution >= 4 is 5.69 Å². The Bertz CT molecular complexity index is 585. The van der Waals surface area contributed by atoms with Gasteiger partial charge in [0.15, 0.2) is 0 Å². The van der Waals surface area contributed by atoms with Gasteiger partial charge in [-0.1, -0.05) is 18.2 Å². The fourth-order valence-corrected chi connectivity index (χ4v) is 2.10. The Balaban J connectivity index is 0.00000220. The van der Waals surface area contributed by atoms with Crippen molar-refractivity contribution in [1.82, 2.24) is 4.48 Å². The molecule has 1 N–H and O–H groups in total. The van der Waals surface area contributed by atoms with Crippen LogP contribution in [0, 0.1) is 6.92 Å². The molecule has 21 heavy (non-hydrogen) atoms. The minimum atomic E-state index is 0. The molecule has 3 nitrogen and oxygen atoms in total. The summed E-state index contributed by atoms with van der Waals surface area (Å²) in [5.74, 6) is 1.20. The topological polar surface area (TPSA) is 29.5 Å². The average Bonchev–Trinajstić information content (AvgIpc) is 2.38. The van der Waals surface area contributed by atoms with Gasteiger partial charge < -0.3 is 33.8 Å². The van der Waals surface area contributed by atoms with Gasteiger partial charge in [-0.05, 0) is 36.8 Å². The van der Waals surface area contributed by atoms with Crippen LogP contribution in [0.3, 0.4) is 0 Å². The van der Waals surface area contributed by atoms with E-state index >= 15 is 0 Å². The van der Waals surface area contributed by atoms with Crippen molar-refractivity contribution in [3.05, 3.63) is 54.1 Å². The van der Waals surface area contributed by atoms with E-state index < -0.39 is 0 Å². The number of phenols is 1. The van der Waals surface area contributed by atoms with E-state index in [1.807, 2.05) is 30.3 Å². The molecule has 0 aliphatic rings. The molecule has 0 atom stereocenters. The highest BCUT2D eigenvalue weighted by Gasteiger charge is 2.19. The number of aromatic hydroxyl groups is 1. The van der Waals surface area contributed by atoms with Gasteiger partial charge >= 0.3 is 0 Å². The first kappa shape index (κ1) is 17.8. The van der Waals surface area contributed by atoms with Crippen LogP contribution in [-0.2, 0) is 0 Å². The van der Waals surface area contributed by atoms with E-state index in [0.717, 1.165) is 18.0 Å². The zero-order chi connectivity index (χ0) is 14.6. The van der Waals surface area contributed by atoms with Gasteiger partial charge in [0.2, 0.25) is 0 Å². The minimum Gasteiger partial charge on any atom is -1.00 e. The van der Waals surface area contributed by atoms with E-state index in [1.165, 1.54) is 5.56 Å². The van der Waals surface area contributed by atoms with Crippen LogP contribution in [-0.4, -0.2) is 32.4 Å². The highest BCUT2D eigenvalue weighted by atomic mass is 127. The standard InChI is InChI=1S/C17H21NO2.HI/c1-14-6-4-9-17(12-14)20-11-10-18(2,3)15-7-5-8-16(19)13-15;/h4-9,12-13H,10-11H2,1-3H3;1H. The van der Waals surface area contributed by atoms with Crippen LogP contribution >= 0.6 is 0 Å². The summed E-state index contributed by atoms with van der Waals surface area (Å²) in [6.45, 7) is 3.52. The largest absolute Gasteiger partial charge is 1.00 e. The Morgan fingerprint density at radius 1 is 1.05 bits per heavy atom. The number of benzene rings is 2. The first-order valence-corrected chi connectivity index (χ1v) is 6.79. The van der Waals surface area contributed by atoms with E-state index in [0.29, 0.717) is 16.8 Å². The summed E-state index contributed by atoms with van der Waals surface area (Å²) >= 11 is 0. The Morgan fingerprint density at radius 2 is 1.76 bits per heavy atom. The Hall–Kier alpha value is -1.27. The van der Waals surface area contributed by atoms with Crippen molar-refractivity contribution < 1.29 is 33.8 Å². The average molecular weight is 399 g/mol. The van der Waals surface area contributed by atoms with Gasteiger partial charge in [0.25, 0.3) is 0 Å². The van der Waals surface area contributed by atoms with Crippen LogP contribution < -0.4 is 33.2 Å². The number of aryl methyl sites for hydroxylation is 1. The lowest BCUT2D eigenvalue weighted by Gasteiger charge is -2.29. The van der Waals surface area contributed by atoms with E-state index in [4.69, 9.17) is 4.74 Å². The van der Waals surface area contributed by atoms with Gasteiger partial charge in [0.1, 0.15) is 30.3 Å². The van der Waals surface area contributed by atoms with Crippen molar-refractivity contribution in [1.29, 1.82) is 0 Å². The number of nitrogens with zero attached hydrogens (tertiary/aromatic N) is 1. The molecule has 2 rings (SSSR count). The lowest BCUT2D eigenvalue weighted by molar-refractivity contribution is -0.00000601. The van der Waals surface area contributed by atoms with Gasteiger partial charge in [-0.15, -0.1) is 0 Å². The zero-order valence-electron chi connectivity index (χ0n) is 12.7. The van der Waals surface area contributed by atoms with E-state index in [2.05, 4.69) is 27.1 Å². The summed E-state index contributed by atoms with van der Waals surface area (Å²) in [6.07, 6.45) is 0. The molecule has 114 valence electrons. The Kier molecular flexibility index (Phi) is 6.48. The second-order valence-corrected chi connectivity index (χ2v) is 5.59. The third-order valence-electron chi connectivity index (χ3n) is 3.44. The van der Waals surface area contributed by atoms with Gasteiger partial charge in [0, 0.05) is 6.07 Å². The molecule has 4 heteroatoms. The molecule has 0 saturated heterocycles. The number of hydrogen-bond donors (Lipinski definition) is 1. The van der Waals surface area contributed by atoms with Crippen molar-refractivity contribution in [2.24, 2.45) is 0 Å². The molecule has 0 spiro atoms. The van der Waals surface area contributed by atoms with Crippen molar-refractivity contribution in [3.8, 4) is 11.5 Å². The second kappa shape index (κ2) is 7.66. The molecule has 2 aromatic carbocycles. The molecule has 0 saturated carbocycles. The summed E-state index contributed by atoms with van der Waals surface area (Å²) in [5.41, 5.74) is 2.27. The van der Waals surface area contributed by atoms with Crippen LogP contribution in [0.1, 0.15) is 5.56 Å². The first-order chi connectivity index (χ1) is 9.47. The zero-order valence-corrected chi connectivity index (χ0v) is 14.9. The highest BCUT2D eigenvalue weighted by molar-refractivity contribution is 5.46. The molecule has 0 aromatic heterocycles. The predicted octanol–water partition coefficient (Wildman–Crippen LogP) is 0.351. The molecule has 0 unspecified atom stereocenters. The van der Waals surface area contributed by atoms with Crippen LogP contribution in [0.5, 0.6) is 11.5 Å². The molecule has 2 aromatic rings. The van der Waals surface area contributed by atoms with Gasteiger partial charge in [-0.3, -0.25) is 4.48 Å². The summed E-state index contributed by atoms with van der Waals surface area (Å²) in [4.78, 5) is 0. The van der Waals surface area contributed by atoms with Crippen LogP contribution in [0.2, 0.25) is 0 Å². The minimum absolute atomic E-state index is 0. The lowest BCUT2D eigenvalue weighted by Crippen LogP contribution is -3.00. The summed E-state index contributed by atoms with van der Waals surface area (Å²) in [7, 11) is 4.21. The molecule has 0 aliphatic carbocycles. The molecular formula is C17H22INO2. The summed E-state index contributed by atoms with van der Waals surface area (Å²) in [5, 5.41) is 9.57. The number of hydrogen-bond acceptors (Lipinski definition) is 2. The quantitative estimate of drug-likeness (QED) is 0.581. The SMILES string of the molecule is Cc1cccc(OCC[N+](C)(C)c2cccc(O)c2)c1.[I-]. The fraction of sp³-hybridized carbons (Fsp3) is 0.294. The smallest absolute Gasteiger partial charge is 0.137 e. The fourth-order valence-electron chi connectivity index (χ4n) is 2.10. The van der Waals surface area contributed by atoms with Crippen LogP contribution in [0.25, 0.3) is 0 Å². The van der Waals surface area contributed by atoms with Crippen molar-refractivity contribution in [3.63, 3.8) is 0 Å². The maximum absolute atomic E-state index is 9.57. The van der Waals surface area contributed by atoms with Crippen LogP contribution in [0.4, 0.5) is 5.69 Å². The monoisotopic (exact) mass is 399 g/mol. The number of quaternary nitrogens is 1. The Labute approximate surface area is 143 Å². The number of likely N-dealkylation sites (N-methyl/N-ethyl adjacent to an activating group) is 1. The van der Waals surface area contributed by atoms with E-state index in [9.17, 15) is 5.11 Å².